The predicted octanol–water partition coefficient (Wildman–Crippen LogP) is 1.15. The lowest BCUT2D eigenvalue weighted by atomic mass is 10.2. The first-order valence-electron chi connectivity index (χ1n) is 7.86. The molecular weight excluding hydrogens is 298 g/mol. The second-order valence-electron chi connectivity index (χ2n) is 6.44. The van der Waals surface area contributed by atoms with Gasteiger partial charge in [0.15, 0.2) is 0 Å². The Labute approximate surface area is 137 Å². The molecule has 0 atom stereocenters. The molecule has 23 heavy (non-hydrogen) atoms. The van der Waals surface area contributed by atoms with E-state index in [4.69, 9.17) is 4.74 Å². The van der Waals surface area contributed by atoms with Crippen LogP contribution in [-0.4, -0.2) is 66.0 Å². The molecular formula is C16H27N3O4. The van der Waals surface area contributed by atoms with Gasteiger partial charge < -0.3 is 19.9 Å². The molecule has 7 nitrogen and oxygen atoms in total. The van der Waals surface area contributed by atoms with Gasteiger partial charge in [0, 0.05) is 45.6 Å². The highest BCUT2D eigenvalue weighted by atomic mass is 16.6. The quantitative estimate of drug-likeness (QED) is 0.769. The van der Waals surface area contributed by atoms with E-state index in [-0.39, 0.29) is 30.7 Å². The molecule has 0 aromatic heterocycles. The number of piperazine rings is 1. The zero-order valence-electron chi connectivity index (χ0n) is 14.3. The van der Waals surface area contributed by atoms with Crippen molar-refractivity contribution >= 4 is 17.9 Å². The average molecular weight is 325 g/mol. The number of nitrogens with zero attached hydrogens (tertiary/aromatic N) is 2. The number of carbonyl (C=O) groups excluding carboxylic acids is 3. The maximum atomic E-state index is 12.1. The minimum Gasteiger partial charge on any atom is -0.444 e. The number of hydrogen-bond acceptors (Lipinski definition) is 4. The Morgan fingerprint density at radius 3 is 2.17 bits per heavy atom. The lowest BCUT2D eigenvalue weighted by Crippen LogP contribution is -2.51. The van der Waals surface area contributed by atoms with Crippen molar-refractivity contribution in [1.29, 1.82) is 0 Å². The molecule has 1 rings (SSSR count). The number of nitrogens with one attached hydrogen (secondary N) is 1. The topological polar surface area (TPSA) is 79.0 Å². The van der Waals surface area contributed by atoms with E-state index in [9.17, 15) is 14.4 Å². The van der Waals surface area contributed by atoms with Gasteiger partial charge in [-0.1, -0.05) is 6.08 Å². The van der Waals surface area contributed by atoms with E-state index in [1.807, 2.05) is 20.8 Å². The molecule has 0 aromatic carbocycles. The fourth-order valence-electron chi connectivity index (χ4n) is 2.12. The molecule has 130 valence electrons. The second kappa shape index (κ2) is 8.55. The molecule has 0 aliphatic carbocycles. The van der Waals surface area contributed by atoms with E-state index in [1.54, 1.807) is 15.9 Å². The Balaban J connectivity index is 2.32. The van der Waals surface area contributed by atoms with Gasteiger partial charge in [-0.2, -0.15) is 0 Å². The average Bonchev–Trinajstić information content (AvgIpc) is 2.49. The summed E-state index contributed by atoms with van der Waals surface area (Å²) in [5.41, 5.74) is -0.525. The van der Waals surface area contributed by atoms with Crippen molar-refractivity contribution in [2.75, 3.05) is 32.7 Å². The Hall–Kier alpha value is -2.05. The SMILES string of the molecule is C=CCNC(=O)CCC(=O)N1CCN(C(=O)OC(C)(C)C)CC1. The van der Waals surface area contributed by atoms with E-state index in [2.05, 4.69) is 11.9 Å². The normalized spacial score (nSPS) is 15.1. The molecule has 1 heterocycles. The van der Waals surface area contributed by atoms with Crippen LogP contribution < -0.4 is 5.32 Å². The summed E-state index contributed by atoms with van der Waals surface area (Å²) < 4.78 is 5.31. The summed E-state index contributed by atoms with van der Waals surface area (Å²) in [6.07, 6.45) is 1.58. The fourth-order valence-corrected chi connectivity index (χ4v) is 2.12. The zero-order chi connectivity index (χ0) is 17.5. The highest BCUT2D eigenvalue weighted by molar-refractivity contribution is 5.84. The first-order valence-corrected chi connectivity index (χ1v) is 7.86. The highest BCUT2D eigenvalue weighted by Crippen LogP contribution is 2.12. The summed E-state index contributed by atoms with van der Waals surface area (Å²) in [5, 5.41) is 2.64. The second-order valence-corrected chi connectivity index (χ2v) is 6.44. The first-order chi connectivity index (χ1) is 10.7. The van der Waals surface area contributed by atoms with Crippen LogP contribution in [0.15, 0.2) is 12.7 Å². The fraction of sp³-hybridized carbons (Fsp3) is 0.688. The summed E-state index contributed by atoms with van der Waals surface area (Å²) in [5.74, 6) is -0.228. The lowest BCUT2D eigenvalue weighted by molar-refractivity contribution is -0.135. The van der Waals surface area contributed by atoms with E-state index < -0.39 is 5.60 Å². The van der Waals surface area contributed by atoms with Gasteiger partial charge in [0.05, 0.1) is 0 Å². The first kappa shape index (κ1) is 19.0. The van der Waals surface area contributed by atoms with Gasteiger partial charge in [0.1, 0.15) is 5.60 Å². The van der Waals surface area contributed by atoms with E-state index in [1.165, 1.54) is 0 Å². The van der Waals surface area contributed by atoms with E-state index in [0.29, 0.717) is 32.7 Å². The van der Waals surface area contributed by atoms with Crippen LogP contribution in [0.1, 0.15) is 33.6 Å². The van der Waals surface area contributed by atoms with Crippen molar-refractivity contribution in [3.05, 3.63) is 12.7 Å². The molecule has 3 amide bonds. The van der Waals surface area contributed by atoms with Crippen LogP contribution in [-0.2, 0) is 14.3 Å². The van der Waals surface area contributed by atoms with Crippen LogP contribution in [0, 0.1) is 0 Å². The van der Waals surface area contributed by atoms with Gasteiger partial charge in [0.25, 0.3) is 0 Å². The van der Waals surface area contributed by atoms with Crippen LogP contribution in [0.3, 0.4) is 0 Å². The Morgan fingerprint density at radius 2 is 1.65 bits per heavy atom. The third-order valence-electron chi connectivity index (χ3n) is 3.29. The largest absolute Gasteiger partial charge is 0.444 e. The molecule has 0 saturated carbocycles. The van der Waals surface area contributed by atoms with Gasteiger partial charge in [-0.05, 0) is 20.8 Å². The maximum Gasteiger partial charge on any atom is 0.410 e. The van der Waals surface area contributed by atoms with Gasteiger partial charge in [0.2, 0.25) is 11.8 Å². The number of carbonyl (C=O) groups is 3. The van der Waals surface area contributed by atoms with Gasteiger partial charge in [-0.25, -0.2) is 4.79 Å². The summed E-state index contributed by atoms with van der Waals surface area (Å²) in [6.45, 7) is 11.2. The Bertz CT molecular complexity index is 449. The number of ether oxygens (including phenoxy) is 1. The van der Waals surface area contributed by atoms with Crippen molar-refractivity contribution in [2.24, 2.45) is 0 Å². The predicted molar refractivity (Wildman–Crippen MR) is 86.8 cm³/mol. The summed E-state index contributed by atoms with van der Waals surface area (Å²) in [7, 11) is 0. The van der Waals surface area contributed by atoms with Crippen molar-refractivity contribution in [2.45, 2.75) is 39.2 Å². The molecule has 0 bridgehead atoms. The minimum absolute atomic E-state index is 0.0670. The molecule has 0 spiro atoms. The van der Waals surface area contributed by atoms with E-state index in [0.717, 1.165) is 0 Å². The van der Waals surface area contributed by atoms with Gasteiger partial charge in [-0.3, -0.25) is 9.59 Å². The number of amides is 3. The van der Waals surface area contributed by atoms with Crippen molar-refractivity contribution in [3.63, 3.8) is 0 Å². The maximum absolute atomic E-state index is 12.1. The molecule has 0 aromatic rings. The molecule has 1 saturated heterocycles. The van der Waals surface area contributed by atoms with Gasteiger partial charge in [-0.15, -0.1) is 6.58 Å². The molecule has 1 aliphatic rings. The molecule has 1 N–H and O–H groups in total. The Kier molecular flexibility index (Phi) is 7.06. The van der Waals surface area contributed by atoms with Crippen molar-refractivity contribution in [3.8, 4) is 0 Å². The van der Waals surface area contributed by atoms with Crippen molar-refractivity contribution in [1.82, 2.24) is 15.1 Å². The van der Waals surface area contributed by atoms with Gasteiger partial charge >= 0.3 is 6.09 Å². The zero-order valence-corrected chi connectivity index (χ0v) is 14.3. The number of hydrogen-bond donors (Lipinski definition) is 1. The minimum atomic E-state index is -0.525. The van der Waals surface area contributed by atoms with E-state index >= 15 is 0 Å². The van der Waals surface area contributed by atoms with Crippen LogP contribution in [0.25, 0.3) is 0 Å². The highest BCUT2D eigenvalue weighted by Gasteiger charge is 2.27. The Morgan fingerprint density at radius 1 is 1.09 bits per heavy atom. The van der Waals surface area contributed by atoms with Crippen molar-refractivity contribution < 1.29 is 19.1 Å². The molecule has 0 unspecified atom stereocenters. The summed E-state index contributed by atoms with van der Waals surface area (Å²) >= 11 is 0. The standard InChI is InChI=1S/C16H27N3O4/c1-5-8-17-13(20)6-7-14(21)18-9-11-19(12-10-18)15(22)23-16(2,3)4/h5H,1,6-12H2,2-4H3,(H,17,20). The third-order valence-corrected chi connectivity index (χ3v) is 3.29. The van der Waals surface area contributed by atoms with Crippen LogP contribution >= 0.6 is 0 Å². The molecule has 0 radical (unpaired) electrons. The summed E-state index contributed by atoms with van der Waals surface area (Å²) in [4.78, 5) is 38.8. The van der Waals surface area contributed by atoms with Crippen LogP contribution in [0.5, 0.6) is 0 Å². The summed E-state index contributed by atoms with van der Waals surface area (Å²) in [6, 6.07) is 0. The molecule has 7 heteroatoms. The monoisotopic (exact) mass is 325 g/mol. The third kappa shape index (κ3) is 7.17. The van der Waals surface area contributed by atoms with Crippen LogP contribution in [0.4, 0.5) is 4.79 Å². The van der Waals surface area contributed by atoms with Crippen LogP contribution in [0.2, 0.25) is 0 Å². The molecule has 1 fully saturated rings. The lowest BCUT2D eigenvalue weighted by Gasteiger charge is -2.35. The molecule has 1 aliphatic heterocycles. The smallest absolute Gasteiger partial charge is 0.410 e. The number of rotatable bonds is 5.